The van der Waals surface area contributed by atoms with Crippen molar-refractivity contribution < 1.29 is 28.7 Å². The molecule has 6 heteroatoms. The Kier molecular flexibility index (Phi) is 12.0. The Balaban J connectivity index is 2.55. The van der Waals surface area contributed by atoms with Gasteiger partial charge in [0.25, 0.3) is 0 Å². The van der Waals surface area contributed by atoms with Crippen LogP contribution in [0, 0.1) is 35.5 Å². The van der Waals surface area contributed by atoms with Crippen LogP contribution in [0.2, 0.25) is 0 Å². The molecule has 0 saturated heterocycles. The molecule has 1 aliphatic carbocycles. The zero-order chi connectivity index (χ0) is 30.4. The van der Waals surface area contributed by atoms with Crippen molar-refractivity contribution in [3.63, 3.8) is 0 Å². The molecule has 1 saturated carbocycles. The lowest BCUT2D eigenvalue weighted by atomic mass is 9.79. The summed E-state index contributed by atoms with van der Waals surface area (Å²) in [6.07, 6.45) is 2.18. The first-order valence-electron chi connectivity index (χ1n) is 15.1. The third kappa shape index (κ3) is 7.98. The van der Waals surface area contributed by atoms with Gasteiger partial charge < -0.3 is 4.74 Å². The van der Waals surface area contributed by atoms with Crippen molar-refractivity contribution in [2.24, 2.45) is 35.5 Å². The zero-order valence-electron chi connectivity index (χ0n) is 26.0. The molecular weight excluding hydrogens is 504 g/mol. The van der Waals surface area contributed by atoms with Gasteiger partial charge in [0.2, 0.25) is 11.4 Å². The van der Waals surface area contributed by atoms with Gasteiger partial charge in [-0.25, -0.2) is 0 Å². The van der Waals surface area contributed by atoms with E-state index < -0.39 is 52.5 Å². The highest BCUT2D eigenvalue weighted by Crippen LogP contribution is 2.44. The monoisotopic (exact) mass is 554 g/mol. The first kappa shape index (κ1) is 33.6. The molecular formula is C34H50O6. The van der Waals surface area contributed by atoms with Crippen molar-refractivity contribution in [3.8, 4) is 0 Å². The first-order chi connectivity index (χ1) is 18.6. The summed E-state index contributed by atoms with van der Waals surface area (Å²) in [5, 5.41) is 0. The highest BCUT2D eigenvalue weighted by Gasteiger charge is 2.67. The van der Waals surface area contributed by atoms with E-state index >= 15 is 0 Å². The van der Waals surface area contributed by atoms with Crippen LogP contribution in [0.4, 0.5) is 0 Å². The van der Waals surface area contributed by atoms with Gasteiger partial charge in [0, 0.05) is 12.8 Å². The van der Waals surface area contributed by atoms with E-state index in [1.54, 1.807) is 6.92 Å². The molecule has 1 aromatic carbocycles. The highest BCUT2D eigenvalue weighted by atomic mass is 16.6. The lowest BCUT2D eigenvalue weighted by molar-refractivity contribution is -0.178. The number of Topliss-reactive ketones (excluding diaryl/α,β-unsaturated/α-hetero) is 4. The maximum Gasteiger partial charge on any atom is 0.314 e. The van der Waals surface area contributed by atoms with E-state index in [0.29, 0.717) is 24.3 Å². The van der Waals surface area contributed by atoms with E-state index in [1.165, 1.54) is 0 Å². The van der Waals surface area contributed by atoms with Gasteiger partial charge >= 0.3 is 5.97 Å². The molecule has 0 aromatic heterocycles. The summed E-state index contributed by atoms with van der Waals surface area (Å²) in [7, 11) is 0. The summed E-state index contributed by atoms with van der Waals surface area (Å²) < 4.78 is 6.01. The SMILES string of the molecule is CC(C)CCC(=O)[C@@]1(OC(=O)C(C)c2ccc(CC(C)C)cc2)C(=O)C(C(=O)CC(C)C)C(=O)[C@@H]1CCC(C)C. The maximum absolute atomic E-state index is 14.1. The van der Waals surface area contributed by atoms with Crippen LogP contribution in [0.3, 0.4) is 0 Å². The second-order valence-electron chi connectivity index (χ2n) is 13.4. The number of hydrogen-bond acceptors (Lipinski definition) is 6. The maximum atomic E-state index is 14.1. The van der Waals surface area contributed by atoms with Crippen molar-refractivity contribution >= 4 is 29.1 Å². The number of ketones is 4. The Hall–Kier alpha value is -2.63. The standard InChI is InChI=1S/C34H50O6/c1-20(2)10-16-27-31(37)30(28(35)19-23(7)8)32(38)34(27,29(36)17-11-21(3)4)40-33(39)24(9)26-14-12-25(13-15-26)18-22(5)6/h12-15,20-24,27,30H,10-11,16-19H2,1-9H3/t24?,27-,30?,34+/m0/s1. The molecule has 222 valence electrons. The molecule has 0 aliphatic heterocycles. The normalized spacial score (nSPS) is 22.0. The van der Waals surface area contributed by atoms with Crippen LogP contribution >= 0.6 is 0 Å². The fourth-order valence-corrected chi connectivity index (χ4v) is 5.50. The van der Waals surface area contributed by atoms with E-state index in [4.69, 9.17) is 4.74 Å². The number of rotatable bonds is 15. The molecule has 0 amide bonds. The van der Waals surface area contributed by atoms with E-state index in [9.17, 15) is 24.0 Å². The minimum atomic E-state index is -2.26. The van der Waals surface area contributed by atoms with Gasteiger partial charge in [-0.1, -0.05) is 86.1 Å². The van der Waals surface area contributed by atoms with Crippen LogP contribution in [0.15, 0.2) is 24.3 Å². The molecule has 40 heavy (non-hydrogen) atoms. The Morgan fingerprint density at radius 2 is 1.38 bits per heavy atom. The summed E-state index contributed by atoms with van der Waals surface area (Å²) in [5.41, 5.74) is -0.414. The first-order valence-corrected chi connectivity index (χ1v) is 15.1. The van der Waals surface area contributed by atoms with E-state index in [0.717, 1.165) is 12.0 Å². The molecule has 1 aliphatic rings. The fraction of sp³-hybridized carbons (Fsp3) is 0.676. The van der Waals surface area contributed by atoms with Crippen molar-refractivity contribution in [3.05, 3.63) is 35.4 Å². The summed E-state index contributed by atoms with van der Waals surface area (Å²) in [5.74, 6) is -5.93. The third-order valence-electron chi connectivity index (χ3n) is 7.81. The number of carbonyl (C=O) groups is 5. The predicted octanol–water partition coefficient (Wildman–Crippen LogP) is 6.71. The summed E-state index contributed by atoms with van der Waals surface area (Å²) in [6.45, 7) is 17.5. The average Bonchev–Trinajstić information content (AvgIpc) is 3.06. The van der Waals surface area contributed by atoms with Crippen molar-refractivity contribution in [1.82, 2.24) is 0 Å². The fourth-order valence-electron chi connectivity index (χ4n) is 5.50. The molecule has 4 atom stereocenters. The average molecular weight is 555 g/mol. The van der Waals surface area contributed by atoms with Crippen molar-refractivity contribution in [2.45, 2.75) is 112 Å². The molecule has 0 spiro atoms. The Morgan fingerprint density at radius 1 is 0.800 bits per heavy atom. The molecule has 1 fully saturated rings. The van der Waals surface area contributed by atoms with Crippen LogP contribution in [-0.4, -0.2) is 34.7 Å². The van der Waals surface area contributed by atoms with E-state index in [2.05, 4.69) is 13.8 Å². The molecule has 2 rings (SSSR count). The topological polar surface area (TPSA) is 94.6 Å². The number of benzene rings is 1. The van der Waals surface area contributed by atoms with Crippen LogP contribution in [0.5, 0.6) is 0 Å². The number of carbonyl (C=O) groups excluding carboxylic acids is 5. The lowest BCUT2D eigenvalue weighted by Crippen LogP contribution is -2.54. The Morgan fingerprint density at radius 3 is 1.88 bits per heavy atom. The van der Waals surface area contributed by atoms with Gasteiger partial charge in [-0.05, 0) is 61.0 Å². The minimum absolute atomic E-state index is 0.00842. The molecule has 2 unspecified atom stereocenters. The second kappa shape index (κ2) is 14.3. The molecule has 1 aromatic rings. The summed E-state index contributed by atoms with van der Waals surface area (Å²) >= 11 is 0. The quantitative estimate of drug-likeness (QED) is 0.177. The zero-order valence-corrected chi connectivity index (χ0v) is 26.0. The molecule has 6 nitrogen and oxygen atoms in total. The number of esters is 1. The van der Waals surface area contributed by atoms with Gasteiger partial charge in [0.1, 0.15) is 5.92 Å². The second-order valence-corrected chi connectivity index (χ2v) is 13.4. The Labute approximate surface area is 241 Å². The molecule has 0 bridgehead atoms. The molecule has 0 radical (unpaired) electrons. The Bertz CT molecular complexity index is 1060. The van der Waals surface area contributed by atoms with Gasteiger partial charge in [0.05, 0.1) is 11.8 Å². The van der Waals surface area contributed by atoms with E-state index in [1.807, 2.05) is 65.8 Å². The van der Waals surface area contributed by atoms with Crippen molar-refractivity contribution in [2.75, 3.05) is 0 Å². The summed E-state index contributed by atoms with van der Waals surface area (Å²) in [6, 6.07) is 7.67. The van der Waals surface area contributed by atoms with Crippen LogP contribution in [-0.2, 0) is 35.1 Å². The van der Waals surface area contributed by atoms with Crippen LogP contribution in [0.1, 0.15) is 111 Å². The van der Waals surface area contributed by atoms with Crippen LogP contribution < -0.4 is 0 Å². The number of hydrogen-bond donors (Lipinski definition) is 0. The third-order valence-corrected chi connectivity index (χ3v) is 7.81. The number of ether oxygens (including phenoxy) is 1. The predicted molar refractivity (Wildman–Crippen MR) is 157 cm³/mol. The largest absolute Gasteiger partial charge is 0.442 e. The van der Waals surface area contributed by atoms with Crippen LogP contribution in [0.25, 0.3) is 0 Å². The van der Waals surface area contributed by atoms with E-state index in [-0.39, 0.29) is 37.0 Å². The van der Waals surface area contributed by atoms with Gasteiger partial charge in [-0.3, -0.25) is 24.0 Å². The van der Waals surface area contributed by atoms with Crippen molar-refractivity contribution in [1.29, 1.82) is 0 Å². The van der Waals surface area contributed by atoms with Gasteiger partial charge in [-0.15, -0.1) is 0 Å². The summed E-state index contributed by atoms with van der Waals surface area (Å²) in [4.78, 5) is 68.7. The lowest BCUT2D eigenvalue weighted by Gasteiger charge is -2.33. The molecule has 0 N–H and O–H groups in total. The van der Waals surface area contributed by atoms with Gasteiger partial charge in [0.15, 0.2) is 17.3 Å². The van der Waals surface area contributed by atoms with Gasteiger partial charge in [-0.2, -0.15) is 0 Å². The minimum Gasteiger partial charge on any atom is -0.442 e. The smallest absolute Gasteiger partial charge is 0.314 e. The molecule has 0 heterocycles. The highest BCUT2D eigenvalue weighted by molar-refractivity contribution is 6.34.